The predicted octanol–water partition coefficient (Wildman–Crippen LogP) is 4.12. The van der Waals surface area contributed by atoms with Gasteiger partial charge in [0, 0.05) is 12.1 Å². The summed E-state index contributed by atoms with van der Waals surface area (Å²) in [4.78, 5) is 29.1. The van der Waals surface area contributed by atoms with Crippen LogP contribution in [0.25, 0.3) is 5.65 Å². The third-order valence-corrected chi connectivity index (χ3v) is 5.16. The molecule has 2 aromatic carbocycles. The lowest BCUT2D eigenvalue weighted by atomic mass is 10.1. The molecule has 4 aromatic rings. The minimum absolute atomic E-state index is 0.0570. The summed E-state index contributed by atoms with van der Waals surface area (Å²) in [6, 6.07) is 14.2. The first kappa shape index (κ1) is 22.1. The Balaban J connectivity index is 1.44. The number of nitrogens with zero attached hydrogens (tertiary/aromatic N) is 2. The molecular weight excluding hydrogens is 422 g/mol. The maximum absolute atomic E-state index is 12.5. The van der Waals surface area contributed by atoms with E-state index in [4.69, 9.17) is 14.0 Å². The first-order valence-electron chi connectivity index (χ1n) is 10.5. The van der Waals surface area contributed by atoms with E-state index in [2.05, 4.69) is 10.3 Å². The van der Waals surface area contributed by atoms with Gasteiger partial charge in [0.2, 0.25) is 0 Å². The van der Waals surface area contributed by atoms with Crippen LogP contribution < -0.4 is 20.3 Å². The lowest BCUT2D eigenvalue weighted by Crippen LogP contribution is -2.21. The number of fused-ring (bicyclic) bond motifs is 1. The van der Waals surface area contributed by atoms with E-state index in [9.17, 15) is 9.59 Å². The number of ether oxygens (including phenoxy) is 2. The number of hydrogen-bond donors (Lipinski definition) is 1. The zero-order chi connectivity index (χ0) is 23.5. The van der Waals surface area contributed by atoms with Gasteiger partial charge in [0.1, 0.15) is 23.9 Å². The van der Waals surface area contributed by atoms with E-state index in [0.717, 1.165) is 21.3 Å². The molecule has 0 saturated carbocycles. The summed E-state index contributed by atoms with van der Waals surface area (Å²) in [5.74, 6) is 1.38. The topological polar surface area (TPSA) is 95.1 Å². The van der Waals surface area contributed by atoms with Gasteiger partial charge in [0.15, 0.2) is 12.3 Å². The molecule has 1 N–H and O–H groups in total. The van der Waals surface area contributed by atoms with Crippen LogP contribution in [0.2, 0.25) is 0 Å². The molecule has 1 amide bonds. The Labute approximate surface area is 190 Å². The van der Waals surface area contributed by atoms with E-state index in [1.165, 1.54) is 6.07 Å². The number of aromatic nitrogens is 2. The zero-order valence-electron chi connectivity index (χ0n) is 19.0. The molecule has 4 rings (SSSR count). The number of carbonyl (C=O) groups is 1. The van der Waals surface area contributed by atoms with Crippen molar-refractivity contribution in [3.63, 3.8) is 0 Å². The van der Waals surface area contributed by atoms with Crippen LogP contribution in [0.3, 0.4) is 0 Å². The fourth-order valence-electron chi connectivity index (χ4n) is 3.29. The quantitative estimate of drug-likeness (QED) is 0.458. The molecule has 0 fully saturated rings. The summed E-state index contributed by atoms with van der Waals surface area (Å²) in [5, 5.41) is 2.82. The second-order valence-electron chi connectivity index (χ2n) is 7.96. The molecule has 2 aromatic heterocycles. The van der Waals surface area contributed by atoms with E-state index in [-0.39, 0.29) is 24.7 Å². The summed E-state index contributed by atoms with van der Waals surface area (Å²) in [6.45, 7) is 7.60. The first-order chi connectivity index (χ1) is 15.8. The van der Waals surface area contributed by atoms with E-state index >= 15 is 0 Å². The van der Waals surface area contributed by atoms with Crippen molar-refractivity contribution in [3.8, 4) is 11.5 Å². The van der Waals surface area contributed by atoms with Crippen LogP contribution in [0.1, 0.15) is 28.1 Å². The van der Waals surface area contributed by atoms with E-state index in [1.807, 2.05) is 51.1 Å². The Morgan fingerprint density at radius 1 is 1.00 bits per heavy atom. The standard InChI is InChI=1S/C25H25N3O5/c1-15-5-8-21(27-24(29)14-31-20-7-6-16(2)17(3)10-20)22(9-15)32-13-19-12-25(30)28-23(26-19)11-18(4)33-28/h5-12H,13-14H2,1-4H3,(H,27,29). The van der Waals surface area contributed by atoms with E-state index in [0.29, 0.717) is 34.3 Å². The lowest BCUT2D eigenvalue weighted by Gasteiger charge is -2.14. The summed E-state index contributed by atoms with van der Waals surface area (Å²) in [7, 11) is 0. The van der Waals surface area contributed by atoms with Crippen LogP contribution in [-0.2, 0) is 11.4 Å². The van der Waals surface area contributed by atoms with E-state index < -0.39 is 0 Å². The summed E-state index contributed by atoms with van der Waals surface area (Å²) < 4.78 is 18.0. The first-order valence-corrected chi connectivity index (χ1v) is 10.5. The molecule has 33 heavy (non-hydrogen) atoms. The van der Waals surface area contributed by atoms with Gasteiger partial charge in [-0.1, -0.05) is 12.1 Å². The third-order valence-electron chi connectivity index (χ3n) is 5.16. The Morgan fingerprint density at radius 2 is 1.82 bits per heavy atom. The van der Waals surface area contributed by atoms with Crippen molar-refractivity contribution < 1.29 is 18.8 Å². The highest BCUT2D eigenvalue weighted by molar-refractivity contribution is 5.93. The number of anilines is 1. The minimum atomic E-state index is -0.326. The molecule has 8 heteroatoms. The third kappa shape index (κ3) is 5.23. The van der Waals surface area contributed by atoms with Gasteiger partial charge in [-0.15, -0.1) is 4.57 Å². The van der Waals surface area contributed by atoms with Crippen molar-refractivity contribution in [1.82, 2.24) is 9.56 Å². The number of aryl methyl sites for hydroxylation is 4. The molecule has 170 valence electrons. The molecular formula is C25H25N3O5. The van der Waals surface area contributed by atoms with Crippen LogP contribution in [0.15, 0.2) is 57.8 Å². The fraction of sp³-hybridized carbons (Fsp3) is 0.240. The van der Waals surface area contributed by atoms with E-state index in [1.54, 1.807) is 19.1 Å². The molecule has 8 nitrogen and oxygen atoms in total. The van der Waals surface area contributed by atoms with Gasteiger partial charge in [-0.3, -0.25) is 9.59 Å². The van der Waals surface area contributed by atoms with Crippen molar-refractivity contribution in [2.45, 2.75) is 34.3 Å². The van der Waals surface area contributed by atoms with Crippen LogP contribution in [0.4, 0.5) is 5.69 Å². The number of benzene rings is 2. The molecule has 0 bridgehead atoms. The minimum Gasteiger partial charge on any atom is -0.485 e. The number of rotatable bonds is 7. The second-order valence-corrected chi connectivity index (χ2v) is 7.96. The summed E-state index contributed by atoms with van der Waals surface area (Å²) in [6.07, 6.45) is 0. The Bertz CT molecular complexity index is 1390. The van der Waals surface area contributed by atoms with Crippen molar-refractivity contribution in [1.29, 1.82) is 0 Å². The van der Waals surface area contributed by atoms with Crippen molar-refractivity contribution in [3.05, 3.63) is 87.0 Å². The number of carbonyl (C=O) groups excluding carboxylic acids is 1. The van der Waals surface area contributed by atoms with Gasteiger partial charge in [-0.05, 0) is 68.7 Å². The van der Waals surface area contributed by atoms with Crippen LogP contribution in [0, 0.1) is 27.7 Å². The Morgan fingerprint density at radius 3 is 2.61 bits per heavy atom. The highest BCUT2D eigenvalue weighted by Gasteiger charge is 2.12. The van der Waals surface area contributed by atoms with Crippen LogP contribution in [-0.4, -0.2) is 22.1 Å². The monoisotopic (exact) mass is 447 g/mol. The number of amides is 1. The van der Waals surface area contributed by atoms with Gasteiger partial charge >= 0.3 is 0 Å². The SMILES string of the molecule is Cc1ccc(NC(=O)COc2ccc(C)c(C)c2)c(OCc2cc(=O)n3oc(C)cc3n2)c1. The predicted molar refractivity (Wildman–Crippen MR) is 124 cm³/mol. The molecule has 0 aliphatic heterocycles. The molecule has 0 unspecified atom stereocenters. The molecule has 2 heterocycles. The van der Waals surface area contributed by atoms with Gasteiger partial charge < -0.3 is 19.3 Å². The van der Waals surface area contributed by atoms with Gasteiger partial charge in [-0.2, -0.15) is 0 Å². The summed E-state index contributed by atoms with van der Waals surface area (Å²) in [5.41, 5.74) is 4.27. The number of nitrogens with one attached hydrogen (secondary N) is 1. The van der Waals surface area contributed by atoms with Gasteiger partial charge in [0.05, 0.1) is 11.4 Å². The average molecular weight is 447 g/mol. The maximum atomic E-state index is 12.5. The van der Waals surface area contributed by atoms with Gasteiger partial charge in [0.25, 0.3) is 11.5 Å². The van der Waals surface area contributed by atoms with Gasteiger partial charge in [-0.25, -0.2) is 4.98 Å². The van der Waals surface area contributed by atoms with Crippen LogP contribution >= 0.6 is 0 Å². The molecule has 0 aliphatic rings. The Kier molecular flexibility index (Phi) is 6.17. The highest BCUT2D eigenvalue weighted by Crippen LogP contribution is 2.27. The molecule has 0 atom stereocenters. The molecule has 0 radical (unpaired) electrons. The van der Waals surface area contributed by atoms with Crippen molar-refractivity contribution >= 4 is 17.2 Å². The van der Waals surface area contributed by atoms with Crippen molar-refractivity contribution in [2.75, 3.05) is 11.9 Å². The molecule has 0 aliphatic carbocycles. The Hall–Kier alpha value is -4.07. The largest absolute Gasteiger partial charge is 0.485 e. The normalized spacial score (nSPS) is 10.9. The average Bonchev–Trinajstić information content (AvgIpc) is 3.15. The zero-order valence-corrected chi connectivity index (χ0v) is 19.0. The molecule has 0 saturated heterocycles. The number of hydrogen-bond acceptors (Lipinski definition) is 6. The maximum Gasteiger partial charge on any atom is 0.287 e. The smallest absolute Gasteiger partial charge is 0.287 e. The fourth-order valence-corrected chi connectivity index (χ4v) is 3.29. The summed E-state index contributed by atoms with van der Waals surface area (Å²) >= 11 is 0. The van der Waals surface area contributed by atoms with Crippen LogP contribution in [0.5, 0.6) is 11.5 Å². The molecule has 0 spiro atoms. The second kappa shape index (κ2) is 9.20. The lowest BCUT2D eigenvalue weighted by molar-refractivity contribution is -0.118. The highest BCUT2D eigenvalue weighted by atomic mass is 16.5. The van der Waals surface area contributed by atoms with Crippen molar-refractivity contribution in [2.24, 2.45) is 0 Å².